The molecule has 8 rings (SSSR count). The summed E-state index contributed by atoms with van der Waals surface area (Å²) in [6, 6.07) is 10.1. The molecular weight excluding hydrogens is 647 g/mol. The maximum Gasteiger partial charge on any atom is 0.213 e. The fourth-order valence-electron chi connectivity index (χ4n) is 8.90. The van der Waals surface area contributed by atoms with Crippen LogP contribution in [0.4, 0.5) is 21.6 Å². The number of piperidine rings is 2. The van der Waals surface area contributed by atoms with E-state index in [0.29, 0.717) is 65.4 Å². The van der Waals surface area contributed by atoms with Crippen molar-refractivity contribution in [3.8, 4) is 11.6 Å². The highest BCUT2D eigenvalue weighted by Gasteiger charge is 2.40. The Kier molecular flexibility index (Phi) is 9.22. The monoisotopic (exact) mass is 696 g/mol. The van der Waals surface area contributed by atoms with Crippen LogP contribution in [-0.2, 0) is 13.1 Å². The summed E-state index contributed by atoms with van der Waals surface area (Å²) in [5.74, 6) is 2.02. The van der Waals surface area contributed by atoms with Gasteiger partial charge >= 0.3 is 0 Å². The van der Waals surface area contributed by atoms with E-state index in [0.717, 1.165) is 69.1 Å². The Morgan fingerprint density at radius 1 is 1.06 bits per heavy atom. The van der Waals surface area contributed by atoms with E-state index in [1.807, 2.05) is 37.6 Å². The number of benzene rings is 1. The van der Waals surface area contributed by atoms with Gasteiger partial charge in [-0.3, -0.25) is 9.69 Å². The number of pyridine rings is 3. The van der Waals surface area contributed by atoms with Crippen molar-refractivity contribution in [2.24, 2.45) is 5.92 Å². The van der Waals surface area contributed by atoms with E-state index in [4.69, 9.17) is 9.47 Å². The minimum absolute atomic E-state index is 0.0129. The fourth-order valence-corrected chi connectivity index (χ4v) is 8.90. The second-order valence-electron chi connectivity index (χ2n) is 14.8. The molecule has 4 aromatic rings. The molecule has 0 radical (unpaired) electrons. The molecule has 4 atom stereocenters. The average molecular weight is 697 g/mol. The normalized spacial score (nSPS) is 23.4. The summed E-state index contributed by atoms with van der Waals surface area (Å²) in [6.45, 7) is 7.92. The zero-order valence-electron chi connectivity index (χ0n) is 30.1. The molecule has 0 spiro atoms. The van der Waals surface area contributed by atoms with Crippen LogP contribution < -0.4 is 30.0 Å². The van der Waals surface area contributed by atoms with Gasteiger partial charge in [0.1, 0.15) is 18.1 Å². The van der Waals surface area contributed by atoms with Gasteiger partial charge in [0.05, 0.1) is 35.9 Å². The van der Waals surface area contributed by atoms with Gasteiger partial charge < -0.3 is 34.1 Å². The van der Waals surface area contributed by atoms with Crippen LogP contribution in [0.2, 0.25) is 0 Å². The lowest BCUT2D eigenvalue weighted by Crippen LogP contribution is -2.48. The summed E-state index contributed by atoms with van der Waals surface area (Å²) in [7, 11) is 5.67. The third kappa shape index (κ3) is 6.37. The standard InChI is InChI=1S/C39H49FN8O3/c1-25-24-51-39-36-31(16-32(40)37(39)47-19-27-7-5-13-44(3)33(27)23-47)38(49)28(21-48(25)36)20-46(18-26-11-12-42-35(15-26)50-4)30-8-6-14-45(22-30)29-9-10-34(41-2)43-17-29/h9-12,15-17,21,25,27,30,33H,5-8,13-14,18-20,22-24H2,1-4H3,(H,41,43). The number of fused-ring (bicyclic) bond motifs is 1. The van der Waals surface area contributed by atoms with Crippen molar-refractivity contribution in [2.75, 3.05) is 75.7 Å². The van der Waals surface area contributed by atoms with Crippen molar-refractivity contribution < 1.29 is 13.9 Å². The first kappa shape index (κ1) is 33.7. The molecule has 0 aliphatic carbocycles. The number of hydrogen-bond acceptors (Lipinski definition) is 10. The summed E-state index contributed by atoms with van der Waals surface area (Å²) in [5.41, 5.74) is 3.85. The third-order valence-corrected chi connectivity index (χ3v) is 11.6. The minimum Gasteiger partial charge on any atom is -0.487 e. The van der Waals surface area contributed by atoms with Crippen molar-refractivity contribution in [3.63, 3.8) is 0 Å². The molecule has 4 aliphatic rings. The highest BCUT2D eigenvalue weighted by molar-refractivity contribution is 5.92. The molecular formula is C39H49FN8O3. The zero-order chi connectivity index (χ0) is 35.2. The number of nitrogens with zero attached hydrogens (tertiary/aromatic N) is 7. The van der Waals surface area contributed by atoms with E-state index in [9.17, 15) is 4.79 Å². The van der Waals surface area contributed by atoms with Crippen LogP contribution in [0.5, 0.6) is 11.6 Å². The smallest absolute Gasteiger partial charge is 0.213 e. The first-order valence-electron chi connectivity index (χ1n) is 18.4. The van der Waals surface area contributed by atoms with Gasteiger partial charge in [-0.2, -0.15) is 0 Å². The van der Waals surface area contributed by atoms with Gasteiger partial charge in [-0.05, 0) is 81.9 Å². The number of aromatic nitrogens is 3. The molecule has 3 fully saturated rings. The highest BCUT2D eigenvalue weighted by Crippen LogP contribution is 2.44. The van der Waals surface area contributed by atoms with Crippen LogP contribution >= 0.6 is 0 Å². The molecule has 7 heterocycles. The van der Waals surface area contributed by atoms with E-state index < -0.39 is 0 Å². The lowest BCUT2D eigenvalue weighted by Gasteiger charge is -2.40. The quantitative estimate of drug-likeness (QED) is 0.254. The molecule has 51 heavy (non-hydrogen) atoms. The summed E-state index contributed by atoms with van der Waals surface area (Å²) in [5, 5.41) is 3.48. The molecule has 3 aromatic heterocycles. The Labute approximate surface area is 299 Å². The number of methoxy groups -OCH3 is 1. The Morgan fingerprint density at radius 2 is 1.92 bits per heavy atom. The van der Waals surface area contributed by atoms with Crippen molar-refractivity contribution >= 4 is 28.1 Å². The number of hydrogen-bond donors (Lipinski definition) is 1. The van der Waals surface area contributed by atoms with Crippen LogP contribution in [-0.4, -0.2) is 97.0 Å². The molecule has 12 heteroatoms. The van der Waals surface area contributed by atoms with Gasteiger partial charge in [0.15, 0.2) is 17.0 Å². The number of anilines is 3. The molecule has 4 aliphatic heterocycles. The van der Waals surface area contributed by atoms with Gasteiger partial charge in [0.2, 0.25) is 5.88 Å². The SMILES string of the molecule is CNc1ccc(N2CCCC(N(Cc3ccnc(OC)c3)Cc3cn4c5c(c(N6CC7CCCN(C)C7C6)c(F)cc5c3=O)OCC4C)C2)cn1. The number of ether oxygens (including phenoxy) is 2. The van der Waals surface area contributed by atoms with E-state index >= 15 is 4.39 Å². The summed E-state index contributed by atoms with van der Waals surface area (Å²) >= 11 is 0. The van der Waals surface area contributed by atoms with Crippen LogP contribution in [0.25, 0.3) is 10.9 Å². The topological polar surface area (TPSA) is 91.2 Å². The van der Waals surface area contributed by atoms with Crippen LogP contribution in [0.3, 0.4) is 0 Å². The number of rotatable bonds is 9. The van der Waals surface area contributed by atoms with Crippen LogP contribution in [0.1, 0.15) is 49.8 Å². The third-order valence-electron chi connectivity index (χ3n) is 11.6. The van der Waals surface area contributed by atoms with E-state index in [1.165, 1.54) is 12.5 Å². The van der Waals surface area contributed by atoms with Crippen LogP contribution in [0.15, 0.2) is 53.7 Å². The first-order valence-corrected chi connectivity index (χ1v) is 18.4. The molecule has 0 bridgehead atoms. The van der Waals surface area contributed by atoms with Gasteiger partial charge in [-0.1, -0.05) is 0 Å². The summed E-state index contributed by atoms with van der Waals surface area (Å²) < 4.78 is 30.4. The number of likely N-dealkylation sites (N-methyl/N-ethyl adjacent to an activating group) is 1. The van der Waals surface area contributed by atoms with Gasteiger partial charge in [0, 0.05) is 82.4 Å². The zero-order valence-corrected chi connectivity index (χ0v) is 30.1. The first-order chi connectivity index (χ1) is 24.8. The lowest BCUT2D eigenvalue weighted by atomic mass is 9.93. The van der Waals surface area contributed by atoms with Crippen molar-refractivity contribution in [1.29, 1.82) is 0 Å². The second kappa shape index (κ2) is 14.0. The Morgan fingerprint density at radius 3 is 2.71 bits per heavy atom. The Hall–Kier alpha value is -4.42. The molecule has 3 saturated heterocycles. The van der Waals surface area contributed by atoms with E-state index in [2.05, 4.69) is 59.5 Å². The molecule has 1 aromatic carbocycles. The molecule has 0 saturated carbocycles. The maximum absolute atomic E-state index is 16.4. The Bertz CT molecular complexity index is 1950. The van der Waals surface area contributed by atoms with Crippen molar-refractivity contribution in [2.45, 2.75) is 63.8 Å². The number of nitrogens with one attached hydrogen (secondary N) is 1. The predicted molar refractivity (Wildman–Crippen MR) is 199 cm³/mol. The number of likely N-dealkylation sites (tertiary alicyclic amines) is 1. The lowest BCUT2D eigenvalue weighted by molar-refractivity contribution is 0.157. The molecule has 270 valence electrons. The summed E-state index contributed by atoms with van der Waals surface area (Å²) in [4.78, 5) is 32.7. The average Bonchev–Trinajstić information content (AvgIpc) is 3.59. The summed E-state index contributed by atoms with van der Waals surface area (Å²) in [6.07, 6.45) is 10.0. The van der Waals surface area contributed by atoms with Crippen LogP contribution in [0, 0.1) is 11.7 Å². The van der Waals surface area contributed by atoms with Gasteiger partial charge in [-0.15, -0.1) is 0 Å². The highest BCUT2D eigenvalue weighted by atomic mass is 19.1. The van der Waals surface area contributed by atoms with Gasteiger partial charge in [0.25, 0.3) is 0 Å². The Balaban J connectivity index is 1.16. The fraction of sp³-hybridized carbons (Fsp3) is 0.513. The molecule has 11 nitrogen and oxygen atoms in total. The molecule has 4 unspecified atom stereocenters. The number of halogens is 1. The largest absolute Gasteiger partial charge is 0.487 e. The van der Waals surface area contributed by atoms with Gasteiger partial charge in [-0.25, -0.2) is 14.4 Å². The van der Waals surface area contributed by atoms with Crippen molar-refractivity contribution in [1.82, 2.24) is 24.3 Å². The van der Waals surface area contributed by atoms with E-state index in [-0.39, 0.29) is 23.3 Å². The van der Waals surface area contributed by atoms with Crippen molar-refractivity contribution in [3.05, 3.63) is 76.1 Å². The molecule has 0 amide bonds. The van der Waals surface area contributed by atoms with E-state index in [1.54, 1.807) is 13.3 Å². The predicted octanol–water partition coefficient (Wildman–Crippen LogP) is 5.14. The minimum atomic E-state index is -0.379. The maximum atomic E-state index is 16.4. The second-order valence-corrected chi connectivity index (χ2v) is 14.8. The molecule has 1 N–H and O–H groups in total.